The summed E-state index contributed by atoms with van der Waals surface area (Å²) in [5.74, 6) is 1.18. The van der Waals surface area contributed by atoms with Crippen LogP contribution in [0, 0.1) is 5.92 Å². The Hall–Kier alpha value is -1.32. The van der Waals surface area contributed by atoms with Gasteiger partial charge in [0.1, 0.15) is 5.82 Å². The summed E-state index contributed by atoms with van der Waals surface area (Å²) in [7, 11) is 0. The smallest absolute Gasteiger partial charge is 0.228 e. The molecule has 4 nitrogen and oxygen atoms in total. The number of hydrogen-bond donors (Lipinski definition) is 1. The van der Waals surface area contributed by atoms with Gasteiger partial charge in [-0.2, -0.15) is 5.10 Å². The molecule has 82 valence electrons. The monoisotopic (exact) mass is 207 g/mol. The topological polar surface area (TPSA) is 46.9 Å². The molecular weight excluding hydrogens is 190 g/mol. The van der Waals surface area contributed by atoms with Crippen molar-refractivity contribution >= 4 is 11.7 Å². The van der Waals surface area contributed by atoms with Crippen molar-refractivity contribution < 1.29 is 4.79 Å². The van der Waals surface area contributed by atoms with Gasteiger partial charge in [-0.1, -0.05) is 12.8 Å². The fourth-order valence-electron chi connectivity index (χ4n) is 2.11. The van der Waals surface area contributed by atoms with Gasteiger partial charge in [0.15, 0.2) is 0 Å². The van der Waals surface area contributed by atoms with Crippen molar-refractivity contribution in [1.82, 2.24) is 9.78 Å². The van der Waals surface area contributed by atoms with E-state index in [1.165, 1.54) is 12.8 Å². The van der Waals surface area contributed by atoms with Gasteiger partial charge in [-0.25, -0.2) is 4.68 Å². The quantitative estimate of drug-likeness (QED) is 0.824. The molecule has 0 radical (unpaired) electrons. The first kappa shape index (κ1) is 10.2. The second-order valence-electron chi connectivity index (χ2n) is 4.00. The van der Waals surface area contributed by atoms with Crippen molar-refractivity contribution in [3.05, 3.63) is 12.3 Å². The van der Waals surface area contributed by atoms with Crippen molar-refractivity contribution in [2.45, 2.75) is 39.2 Å². The zero-order chi connectivity index (χ0) is 10.7. The molecule has 0 atom stereocenters. The molecule has 1 heterocycles. The van der Waals surface area contributed by atoms with Gasteiger partial charge in [-0.05, 0) is 19.8 Å². The van der Waals surface area contributed by atoms with Gasteiger partial charge in [0, 0.05) is 18.5 Å². The number of carbonyl (C=O) groups is 1. The average Bonchev–Trinajstić information content (AvgIpc) is 2.87. The summed E-state index contributed by atoms with van der Waals surface area (Å²) in [6.45, 7) is 2.80. The van der Waals surface area contributed by atoms with Gasteiger partial charge in [0.2, 0.25) is 5.91 Å². The van der Waals surface area contributed by atoms with Crippen LogP contribution in [-0.2, 0) is 11.3 Å². The van der Waals surface area contributed by atoms with Crippen LogP contribution < -0.4 is 5.32 Å². The Kier molecular flexibility index (Phi) is 3.04. The first-order valence-corrected chi connectivity index (χ1v) is 5.64. The number of aromatic nitrogens is 2. The maximum absolute atomic E-state index is 11.8. The Balaban J connectivity index is 1.98. The molecule has 1 fully saturated rings. The van der Waals surface area contributed by atoms with Crippen LogP contribution in [0.15, 0.2) is 12.3 Å². The van der Waals surface area contributed by atoms with E-state index in [4.69, 9.17) is 0 Å². The van der Waals surface area contributed by atoms with Crippen LogP contribution in [0.4, 0.5) is 5.82 Å². The third-order valence-electron chi connectivity index (χ3n) is 2.99. The first-order valence-electron chi connectivity index (χ1n) is 5.64. The highest BCUT2D eigenvalue weighted by Crippen LogP contribution is 2.25. The van der Waals surface area contributed by atoms with Crippen LogP contribution in [0.5, 0.6) is 0 Å². The van der Waals surface area contributed by atoms with Gasteiger partial charge in [0.05, 0.1) is 6.20 Å². The van der Waals surface area contributed by atoms with E-state index in [1.807, 2.05) is 13.0 Å². The second-order valence-corrected chi connectivity index (χ2v) is 4.00. The lowest BCUT2D eigenvalue weighted by atomic mass is 10.1. The summed E-state index contributed by atoms with van der Waals surface area (Å²) >= 11 is 0. The Morgan fingerprint density at radius 3 is 3.00 bits per heavy atom. The minimum Gasteiger partial charge on any atom is -0.311 e. The number of carbonyl (C=O) groups excluding carboxylic acids is 1. The molecule has 1 aromatic heterocycles. The third-order valence-corrected chi connectivity index (χ3v) is 2.99. The average molecular weight is 207 g/mol. The molecule has 1 aliphatic rings. The van der Waals surface area contributed by atoms with Gasteiger partial charge < -0.3 is 5.32 Å². The van der Waals surface area contributed by atoms with Crippen molar-refractivity contribution in [2.24, 2.45) is 5.92 Å². The van der Waals surface area contributed by atoms with Crippen molar-refractivity contribution in [1.29, 1.82) is 0 Å². The van der Waals surface area contributed by atoms with Crippen LogP contribution in [0.2, 0.25) is 0 Å². The Labute approximate surface area is 89.7 Å². The molecule has 0 spiro atoms. The predicted molar refractivity (Wildman–Crippen MR) is 58.5 cm³/mol. The Morgan fingerprint density at radius 1 is 1.60 bits per heavy atom. The molecule has 0 aliphatic heterocycles. The molecular formula is C11H17N3O. The predicted octanol–water partition coefficient (Wildman–Crippen LogP) is 2.03. The third kappa shape index (κ3) is 2.19. The SMILES string of the molecule is CCn1nccc1NC(=O)C1CCCC1. The second kappa shape index (κ2) is 4.47. The number of rotatable bonds is 3. The molecule has 1 amide bonds. The van der Waals surface area contributed by atoms with E-state index in [0.29, 0.717) is 0 Å². The zero-order valence-corrected chi connectivity index (χ0v) is 9.07. The van der Waals surface area contributed by atoms with Crippen molar-refractivity contribution in [2.75, 3.05) is 5.32 Å². The van der Waals surface area contributed by atoms with Gasteiger partial charge in [-0.3, -0.25) is 4.79 Å². The van der Waals surface area contributed by atoms with Crippen LogP contribution in [-0.4, -0.2) is 15.7 Å². The van der Waals surface area contributed by atoms with Crippen molar-refractivity contribution in [3.63, 3.8) is 0 Å². The zero-order valence-electron chi connectivity index (χ0n) is 9.07. The number of aryl methyl sites for hydroxylation is 1. The number of nitrogens with one attached hydrogen (secondary N) is 1. The number of amides is 1. The largest absolute Gasteiger partial charge is 0.311 e. The van der Waals surface area contributed by atoms with Gasteiger partial charge >= 0.3 is 0 Å². The minimum atomic E-state index is 0.155. The summed E-state index contributed by atoms with van der Waals surface area (Å²) in [5.41, 5.74) is 0. The summed E-state index contributed by atoms with van der Waals surface area (Å²) in [6, 6.07) is 1.84. The highest BCUT2D eigenvalue weighted by Gasteiger charge is 2.23. The van der Waals surface area contributed by atoms with Crippen molar-refractivity contribution in [3.8, 4) is 0 Å². The van der Waals surface area contributed by atoms with E-state index in [-0.39, 0.29) is 11.8 Å². The summed E-state index contributed by atoms with van der Waals surface area (Å²) in [6.07, 6.45) is 6.15. The lowest BCUT2D eigenvalue weighted by Crippen LogP contribution is -2.22. The van der Waals surface area contributed by atoms with Crippen LogP contribution in [0.1, 0.15) is 32.6 Å². The molecule has 15 heavy (non-hydrogen) atoms. The van der Waals surface area contributed by atoms with Gasteiger partial charge in [0.25, 0.3) is 0 Å². The fraction of sp³-hybridized carbons (Fsp3) is 0.636. The molecule has 0 bridgehead atoms. The summed E-state index contributed by atoms with van der Waals surface area (Å²) in [4.78, 5) is 11.8. The van der Waals surface area contributed by atoms with E-state index >= 15 is 0 Å². The number of anilines is 1. The lowest BCUT2D eigenvalue weighted by Gasteiger charge is -2.10. The fourth-order valence-corrected chi connectivity index (χ4v) is 2.11. The molecule has 1 saturated carbocycles. The molecule has 2 rings (SSSR count). The molecule has 1 aromatic rings. The van der Waals surface area contributed by atoms with Crippen LogP contribution >= 0.6 is 0 Å². The molecule has 0 unspecified atom stereocenters. The normalized spacial score (nSPS) is 16.9. The maximum Gasteiger partial charge on any atom is 0.228 e. The first-order chi connectivity index (χ1) is 7.31. The molecule has 1 N–H and O–H groups in total. The van der Waals surface area contributed by atoms with E-state index in [9.17, 15) is 4.79 Å². The molecule has 0 saturated heterocycles. The van der Waals surface area contributed by atoms with Crippen LogP contribution in [0.25, 0.3) is 0 Å². The van der Waals surface area contributed by atoms with E-state index < -0.39 is 0 Å². The van der Waals surface area contributed by atoms with E-state index in [2.05, 4.69) is 10.4 Å². The number of nitrogens with zero attached hydrogens (tertiary/aromatic N) is 2. The minimum absolute atomic E-state index is 0.155. The number of hydrogen-bond acceptors (Lipinski definition) is 2. The van der Waals surface area contributed by atoms with E-state index in [1.54, 1.807) is 10.9 Å². The highest BCUT2D eigenvalue weighted by atomic mass is 16.2. The highest BCUT2D eigenvalue weighted by molar-refractivity contribution is 5.91. The summed E-state index contributed by atoms with van der Waals surface area (Å²) < 4.78 is 1.80. The standard InChI is InChI=1S/C11H17N3O/c1-2-14-10(7-8-12-14)13-11(15)9-5-3-4-6-9/h7-9H,2-6H2,1H3,(H,13,15). The maximum atomic E-state index is 11.8. The Morgan fingerprint density at radius 2 is 2.33 bits per heavy atom. The molecule has 4 heteroatoms. The van der Waals surface area contributed by atoms with E-state index in [0.717, 1.165) is 25.2 Å². The van der Waals surface area contributed by atoms with Crippen LogP contribution in [0.3, 0.4) is 0 Å². The lowest BCUT2D eigenvalue weighted by molar-refractivity contribution is -0.119. The van der Waals surface area contributed by atoms with Gasteiger partial charge in [-0.15, -0.1) is 0 Å². The summed E-state index contributed by atoms with van der Waals surface area (Å²) in [5, 5.41) is 7.06. The molecule has 0 aromatic carbocycles. The molecule has 1 aliphatic carbocycles. The Bertz CT molecular complexity index is 339.